The molecule has 1 unspecified atom stereocenters. The molecular weight excluding hydrogens is 304 g/mol. The molecule has 0 bridgehead atoms. The normalized spacial score (nSPS) is 13.1. The molecule has 0 aliphatic carbocycles. The van der Waals surface area contributed by atoms with Crippen LogP contribution in [0.15, 0.2) is 29.3 Å². The minimum Gasteiger partial charge on any atom is -0.344 e. The number of H-pyrrole nitrogens is 1. The Hall–Kier alpha value is -2.37. The van der Waals surface area contributed by atoms with Crippen molar-refractivity contribution in [2.75, 3.05) is 0 Å². The monoisotopic (exact) mass is 330 g/mol. The predicted octanol–water partition coefficient (Wildman–Crippen LogP) is 2.75. The zero-order chi connectivity index (χ0) is 18.1. The Morgan fingerprint density at radius 2 is 1.96 bits per heavy atom. The molecule has 0 saturated carbocycles. The van der Waals surface area contributed by atoms with Crippen LogP contribution in [0.4, 0.5) is 0 Å². The number of hydrogen-bond donors (Lipinski definition) is 2. The zero-order valence-corrected chi connectivity index (χ0v) is 15.2. The molecule has 0 fully saturated rings. The van der Waals surface area contributed by atoms with E-state index in [2.05, 4.69) is 15.4 Å². The van der Waals surface area contributed by atoms with E-state index in [1.807, 2.05) is 47.9 Å². The maximum Gasteiger partial charge on any atom is 0.261 e. The number of aromatic amines is 1. The summed E-state index contributed by atoms with van der Waals surface area (Å²) in [6.45, 7) is 10.1. The molecule has 2 N–H and O–H groups in total. The minimum atomic E-state index is -0.379. The molecule has 0 aliphatic heterocycles. The number of hydrogen-bond acceptors (Lipinski definition) is 3. The molecule has 2 rings (SSSR count). The van der Waals surface area contributed by atoms with Crippen molar-refractivity contribution in [2.24, 2.45) is 12.5 Å². The van der Waals surface area contributed by atoms with Gasteiger partial charge in [0.25, 0.3) is 11.5 Å². The lowest BCUT2D eigenvalue weighted by molar-refractivity contribution is 0.0900. The van der Waals surface area contributed by atoms with Crippen molar-refractivity contribution >= 4 is 5.91 Å². The Bertz CT molecular complexity index is 781. The van der Waals surface area contributed by atoms with Crippen molar-refractivity contribution in [1.29, 1.82) is 0 Å². The van der Waals surface area contributed by atoms with Gasteiger partial charge < -0.3 is 10.3 Å². The van der Waals surface area contributed by atoms with Gasteiger partial charge in [0.15, 0.2) is 0 Å². The van der Waals surface area contributed by atoms with Gasteiger partial charge in [-0.2, -0.15) is 5.10 Å². The fourth-order valence-electron chi connectivity index (χ4n) is 2.60. The summed E-state index contributed by atoms with van der Waals surface area (Å²) >= 11 is 0. The maximum absolute atomic E-state index is 12.6. The lowest BCUT2D eigenvalue weighted by atomic mass is 9.83. The van der Waals surface area contributed by atoms with Gasteiger partial charge in [0.05, 0.1) is 12.2 Å². The molecule has 2 aromatic heterocycles. The molecule has 6 heteroatoms. The minimum absolute atomic E-state index is 0.123. The summed E-state index contributed by atoms with van der Waals surface area (Å²) in [5, 5.41) is 7.16. The summed E-state index contributed by atoms with van der Waals surface area (Å²) in [7, 11) is 1.83. The van der Waals surface area contributed by atoms with E-state index >= 15 is 0 Å². The molecular formula is C18H26N4O2. The topological polar surface area (TPSA) is 79.8 Å². The molecule has 6 nitrogen and oxygen atoms in total. The molecule has 0 aromatic carbocycles. The summed E-state index contributed by atoms with van der Waals surface area (Å²) in [5.74, 6) is -0.178. The molecule has 24 heavy (non-hydrogen) atoms. The number of nitrogens with one attached hydrogen (secondary N) is 2. The van der Waals surface area contributed by atoms with E-state index in [1.54, 1.807) is 23.0 Å². The number of aryl methyl sites for hydroxylation is 1. The van der Waals surface area contributed by atoms with Crippen LogP contribution >= 0.6 is 0 Å². The van der Waals surface area contributed by atoms with Crippen LogP contribution in [-0.4, -0.2) is 20.7 Å². The lowest BCUT2D eigenvalue weighted by Gasteiger charge is -2.30. The van der Waals surface area contributed by atoms with Crippen molar-refractivity contribution in [3.63, 3.8) is 0 Å². The van der Waals surface area contributed by atoms with E-state index in [1.165, 1.54) is 0 Å². The maximum atomic E-state index is 12.6. The van der Waals surface area contributed by atoms with Crippen LogP contribution in [0, 0.1) is 5.41 Å². The van der Waals surface area contributed by atoms with Gasteiger partial charge in [0.1, 0.15) is 5.56 Å². The molecule has 0 saturated heterocycles. The Kier molecular flexibility index (Phi) is 4.96. The highest BCUT2D eigenvalue weighted by molar-refractivity contribution is 5.94. The van der Waals surface area contributed by atoms with Crippen LogP contribution in [0.25, 0.3) is 0 Å². The number of amides is 1. The summed E-state index contributed by atoms with van der Waals surface area (Å²) in [5.41, 5.74) is 1.27. The first-order valence-corrected chi connectivity index (χ1v) is 8.12. The van der Waals surface area contributed by atoms with Crippen LogP contribution in [0.2, 0.25) is 0 Å². The van der Waals surface area contributed by atoms with Gasteiger partial charge in [-0.3, -0.25) is 14.3 Å². The Labute approximate surface area is 142 Å². The standard InChI is InChI=1S/C18H26N4O2/c1-11(2)14-8-7-13(16(23)20-14)17(24)21-15(18(3,4)5)12-9-19-22(6)10-12/h7-11,15H,1-6H3,(H,20,23)(H,21,24). The van der Waals surface area contributed by atoms with E-state index in [4.69, 9.17) is 0 Å². The average Bonchev–Trinajstić information content (AvgIpc) is 2.89. The van der Waals surface area contributed by atoms with Gasteiger partial charge >= 0.3 is 0 Å². The molecule has 2 heterocycles. The highest BCUT2D eigenvalue weighted by atomic mass is 16.2. The molecule has 0 aliphatic rings. The largest absolute Gasteiger partial charge is 0.344 e. The van der Waals surface area contributed by atoms with E-state index in [-0.39, 0.29) is 34.4 Å². The number of aromatic nitrogens is 3. The number of nitrogens with zero attached hydrogens (tertiary/aromatic N) is 2. The average molecular weight is 330 g/mol. The van der Waals surface area contributed by atoms with Crippen LogP contribution in [-0.2, 0) is 7.05 Å². The SMILES string of the molecule is CC(C)c1ccc(C(=O)NC(c2cnn(C)c2)C(C)(C)C)c(=O)[nH]1. The van der Waals surface area contributed by atoms with Gasteiger partial charge in [-0.05, 0) is 23.5 Å². The highest BCUT2D eigenvalue weighted by Crippen LogP contribution is 2.32. The summed E-state index contributed by atoms with van der Waals surface area (Å²) in [4.78, 5) is 27.6. The predicted molar refractivity (Wildman–Crippen MR) is 94.0 cm³/mol. The molecule has 2 aromatic rings. The second kappa shape index (κ2) is 6.63. The number of rotatable bonds is 4. The van der Waals surface area contributed by atoms with Gasteiger partial charge in [-0.25, -0.2) is 0 Å². The first-order chi connectivity index (χ1) is 11.1. The highest BCUT2D eigenvalue weighted by Gasteiger charge is 2.29. The summed E-state index contributed by atoms with van der Waals surface area (Å²) in [6, 6.07) is 3.13. The van der Waals surface area contributed by atoms with Gasteiger partial charge in [0, 0.05) is 24.5 Å². The van der Waals surface area contributed by atoms with Crippen molar-refractivity contribution < 1.29 is 4.79 Å². The second-order valence-electron chi connectivity index (χ2n) is 7.53. The Morgan fingerprint density at radius 1 is 1.29 bits per heavy atom. The second-order valence-corrected chi connectivity index (χ2v) is 7.53. The third kappa shape index (κ3) is 3.93. The summed E-state index contributed by atoms with van der Waals surface area (Å²) in [6.07, 6.45) is 3.62. The molecule has 1 atom stereocenters. The Balaban J connectivity index is 2.30. The lowest BCUT2D eigenvalue weighted by Crippen LogP contribution is -2.38. The molecule has 0 radical (unpaired) electrons. The van der Waals surface area contributed by atoms with Crippen molar-refractivity contribution in [3.05, 3.63) is 51.7 Å². The van der Waals surface area contributed by atoms with Crippen LogP contribution in [0.5, 0.6) is 0 Å². The number of pyridine rings is 1. The molecule has 1 amide bonds. The number of carbonyl (C=O) groups is 1. The Morgan fingerprint density at radius 3 is 2.42 bits per heavy atom. The quantitative estimate of drug-likeness (QED) is 0.904. The fraction of sp³-hybridized carbons (Fsp3) is 0.500. The smallest absolute Gasteiger partial charge is 0.261 e. The van der Waals surface area contributed by atoms with E-state index < -0.39 is 0 Å². The third-order valence-corrected chi connectivity index (χ3v) is 4.00. The van der Waals surface area contributed by atoms with Crippen molar-refractivity contribution in [3.8, 4) is 0 Å². The van der Waals surface area contributed by atoms with Gasteiger partial charge in [-0.15, -0.1) is 0 Å². The van der Waals surface area contributed by atoms with Crippen molar-refractivity contribution in [1.82, 2.24) is 20.1 Å². The van der Waals surface area contributed by atoms with Gasteiger partial charge in [0.2, 0.25) is 0 Å². The first-order valence-electron chi connectivity index (χ1n) is 8.12. The molecule has 0 spiro atoms. The van der Waals surface area contributed by atoms with Crippen molar-refractivity contribution in [2.45, 2.75) is 46.6 Å². The van der Waals surface area contributed by atoms with Crippen LogP contribution < -0.4 is 10.9 Å². The van der Waals surface area contributed by atoms with E-state index in [0.717, 1.165) is 11.3 Å². The van der Waals surface area contributed by atoms with Crippen LogP contribution in [0.3, 0.4) is 0 Å². The fourth-order valence-corrected chi connectivity index (χ4v) is 2.60. The van der Waals surface area contributed by atoms with E-state index in [0.29, 0.717) is 0 Å². The van der Waals surface area contributed by atoms with Crippen LogP contribution in [0.1, 0.15) is 68.2 Å². The third-order valence-electron chi connectivity index (χ3n) is 4.00. The number of carbonyl (C=O) groups excluding carboxylic acids is 1. The zero-order valence-electron chi connectivity index (χ0n) is 15.2. The first kappa shape index (κ1) is 18.0. The van der Waals surface area contributed by atoms with E-state index in [9.17, 15) is 9.59 Å². The molecule has 130 valence electrons. The van der Waals surface area contributed by atoms with Gasteiger partial charge in [-0.1, -0.05) is 34.6 Å². The summed E-state index contributed by atoms with van der Waals surface area (Å²) < 4.78 is 1.70.